The molecule has 0 aliphatic carbocycles. The van der Waals surface area contributed by atoms with Crippen molar-refractivity contribution in [1.82, 2.24) is 4.72 Å². The number of halogens is 1. The molecule has 1 heterocycles. The Morgan fingerprint density at radius 3 is 2.68 bits per heavy atom. The van der Waals surface area contributed by atoms with E-state index in [0.717, 1.165) is 10.9 Å². The van der Waals surface area contributed by atoms with Gasteiger partial charge in [0, 0.05) is 4.88 Å². The lowest BCUT2D eigenvalue weighted by molar-refractivity contribution is 0.566. The van der Waals surface area contributed by atoms with Crippen LogP contribution in [0.15, 0.2) is 40.6 Å². The standard InChI is InChI=1S/C12H13FN2O2S2/c1-8(12-3-2-6-18-12)15-19(16,17)9-4-5-11(14)10(13)7-9/h2-8,15H,14H2,1H3. The molecule has 1 aromatic heterocycles. The number of rotatable bonds is 4. The van der Waals surface area contributed by atoms with Crippen molar-refractivity contribution in [2.45, 2.75) is 17.9 Å². The summed E-state index contributed by atoms with van der Waals surface area (Å²) in [6.07, 6.45) is 0. The zero-order valence-corrected chi connectivity index (χ0v) is 11.8. The van der Waals surface area contributed by atoms with Crippen molar-refractivity contribution in [2.75, 3.05) is 5.73 Å². The van der Waals surface area contributed by atoms with Crippen LogP contribution in [-0.4, -0.2) is 8.42 Å². The molecule has 0 saturated carbocycles. The van der Waals surface area contributed by atoms with E-state index in [1.807, 2.05) is 17.5 Å². The molecule has 102 valence electrons. The molecule has 0 fully saturated rings. The molecule has 0 saturated heterocycles. The van der Waals surface area contributed by atoms with Crippen LogP contribution in [0.3, 0.4) is 0 Å². The number of hydrogen-bond donors (Lipinski definition) is 2. The van der Waals surface area contributed by atoms with Crippen LogP contribution < -0.4 is 10.5 Å². The highest BCUT2D eigenvalue weighted by atomic mass is 32.2. The predicted molar refractivity (Wildman–Crippen MR) is 73.9 cm³/mol. The summed E-state index contributed by atoms with van der Waals surface area (Å²) < 4.78 is 40.0. The van der Waals surface area contributed by atoms with Gasteiger partial charge >= 0.3 is 0 Å². The Morgan fingerprint density at radius 1 is 1.37 bits per heavy atom. The summed E-state index contributed by atoms with van der Waals surface area (Å²) in [5.41, 5.74) is 5.24. The lowest BCUT2D eigenvalue weighted by Crippen LogP contribution is -2.26. The van der Waals surface area contributed by atoms with Crippen LogP contribution in [0, 0.1) is 5.82 Å². The first kappa shape index (κ1) is 14.0. The van der Waals surface area contributed by atoms with E-state index in [1.165, 1.54) is 23.5 Å². The summed E-state index contributed by atoms with van der Waals surface area (Å²) in [6.45, 7) is 1.73. The second kappa shape index (κ2) is 5.28. The van der Waals surface area contributed by atoms with Crippen LogP contribution in [0.4, 0.5) is 10.1 Å². The highest BCUT2D eigenvalue weighted by Crippen LogP contribution is 2.22. The molecule has 2 rings (SSSR count). The number of nitrogens with one attached hydrogen (secondary N) is 1. The van der Waals surface area contributed by atoms with Gasteiger partial charge in [0.05, 0.1) is 16.6 Å². The van der Waals surface area contributed by atoms with Gasteiger partial charge < -0.3 is 5.73 Å². The first-order valence-electron chi connectivity index (χ1n) is 5.51. The molecule has 0 amide bonds. The minimum atomic E-state index is -3.76. The molecular formula is C12H13FN2O2S2. The van der Waals surface area contributed by atoms with Crippen molar-refractivity contribution < 1.29 is 12.8 Å². The van der Waals surface area contributed by atoms with E-state index >= 15 is 0 Å². The molecule has 0 radical (unpaired) electrons. The fourth-order valence-corrected chi connectivity index (χ4v) is 3.61. The first-order chi connectivity index (χ1) is 8.90. The minimum absolute atomic E-state index is 0.0785. The highest BCUT2D eigenvalue weighted by Gasteiger charge is 2.19. The second-order valence-corrected chi connectivity index (χ2v) is 6.73. The molecule has 19 heavy (non-hydrogen) atoms. The molecule has 0 aliphatic heterocycles. The first-order valence-corrected chi connectivity index (χ1v) is 7.87. The van der Waals surface area contributed by atoms with E-state index < -0.39 is 15.8 Å². The molecule has 7 heteroatoms. The van der Waals surface area contributed by atoms with E-state index in [2.05, 4.69) is 4.72 Å². The number of thiophene rings is 1. The average molecular weight is 300 g/mol. The molecule has 2 aromatic rings. The van der Waals surface area contributed by atoms with Crippen LogP contribution in [0.5, 0.6) is 0 Å². The fourth-order valence-electron chi connectivity index (χ4n) is 1.57. The summed E-state index contributed by atoms with van der Waals surface area (Å²) in [5, 5.41) is 1.86. The van der Waals surface area contributed by atoms with Crippen molar-refractivity contribution in [3.63, 3.8) is 0 Å². The number of nitrogen functional groups attached to an aromatic ring is 1. The van der Waals surface area contributed by atoms with E-state index in [1.54, 1.807) is 6.92 Å². The summed E-state index contributed by atoms with van der Waals surface area (Å²) in [4.78, 5) is 0.752. The Morgan fingerprint density at radius 2 is 2.11 bits per heavy atom. The van der Waals surface area contributed by atoms with E-state index in [4.69, 9.17) is 5.73 Å². The maximum absolute atomic E-state index is 13.3. The molecule has 0 aliphatic rings. The van der Waals surface area contributed by atoms with Crippen LogP contribution in [0.25, 0.3) is 0 Å². The smallest absolute Gasteiger partial charge is 0.241 e. The monoisotopic (exact) mass is 300 g/mol. The Labute approximate surface area is 115 Å². The zero-order chi connectivity index (χ0) is 14.0. The third-order valence-corrected chi connectivity index (χ3v) is 5.18. The minimum Gasteiger partial charge on any atom is -0.396 e. The number of sulfonamides is 1. The van der Waals surface area contributed by atoms with Crippen LogP contribution >= 0.6 is 11.3 Å². The summed E-state index contributed by atoms with van der Waals surface area (Å²) in [7, 11) is -3.76. The van der Waals surface area contributed by atoms with Gasteiger partial charge in [-0.2, -0.15) is 0 Å². The van der Waals surface area contributed by atoms with Gasteiger partial charge in [-0.25, -0.2) is 17.5 Å². The SMILES string of the molecule is CC(NS(=O)(=O)c1ccc(N)c(F)c1)c1cccs1. The van der Waals surface area contributed by atoms with Crippen molar-refractivity contribution in [2.24, 2.45) is 0 Å². The van der Waals surface area contributed by atoms with Crippen molar-refractivity contribution in [1.29, 1.82) is 0 Å². The maximum Gasteiger partial charge on any atom is 0.241 e. The molecule has 0 spiro atoms. The van der Waals surface area contributed by atoms with Crippen LogP contribution in [-0.2, 0) is 10.0 Å². The third-order valence-electron chi connectivity index (χ3n) is 2.58. The number of anilines is 1. The maximum atomic E-state index is 13.3. The molecule has 1 aromatic carbocycles. The van der Waals surface area contributed by atoms with Gasteiger partial charge in [0.15, 0.2) is 0 Å². The lowest BCUT2D eigenvalue weighted by atomic mass is 10.3. The van der Waals surface area contributed by atoms with Gasteiger partial charge in [-0.15, -0.1) is 11.3 Å². The normalized spacial score (nSPS) is 13.4. The lowest BCUT2D eigenvalue weighted by Gasteiger charge is -2.13. The van der Waals surface area contributed by atoms with Gasteiger partial charge in [0.1, 0.15) is 5.82 Å². The average Bonchev–Trinajstić information content (AvgIpc) is 2.85. The highest BCUT2D eigenvalue weighted by molar-refractivity contribution is 7.89. The Bertz CT molecular complexity index is 669. The van der Waals surface area contributed by atoms with Crippen molar-refractivity contribution in [3.05, 3.63) is 46.4 Å². The third kappa shape index (κ3) is 3.12. The zero-order valence-electron chi connectivity index (χ0n) is 10.1. The second-order valence-electron chi connectivity index (χ2n) is 4.04. The van der Waals surface area contributed by atoms with Gasteiger partial charge in [-0.1, -0.05) is 6.07 Å². The quantitative estimate of drug-likeness (QED) is 0.852. The van der Waals surface area contributed by atoms with Gasteiger partial charge in [0.2, 0.25) is 10.0 Å². The van der Waals surface area contributed by atoms with Crippen molar-refractivity contribution in [3.8, 4) is 0 Å². The predicted octanol–water partition coefficient (Wildman–Crippen LogP) is 2.51. The van der Waals surface area contributed by atoms with E-state index in [9.17, 15) is 12.8 Å². The summed E-state index contributed by atoms with van der Waals surface area (Å²) in [5.74, 6) is -0.744. The number of nitrogens with two attached hydrogens (primary N) is 1. The fraction of sp³-hybridized carbons (Fsp3) is 0.167. The van der Waals surface area contributed by atoms with Gasteiger partial charge in [0.25, 0.3) is 0 Å². The van der Waals surface area contributed by atoms with Crippen LogP contribution in [0.1, 0.15) is 17.8 Å². The molecule has 1 atom stereocenters. The summed E-state index contributed by atoms with van der Waals surface area (Å²) >= 11 is 1.45. The van der Waals surface area contributed by atoms with E-state index in [0.29, 0.717) is 0 Å². The van der Waals surface area contributed by atoms with Crippen molar-refractivity contribution >= 4 is 27.0 Å². The van der Waals surface area contributed by atoms with Gasteiger partial charge in [-0.3, -0.25) is 0 Å². The molecule has 1 unspecified atom stereocenters. The Balaban J connectivity index is 2.25. The number of benzene rings is 1. The topological polar surface area (TPSA) is 72.2 Å². The Kier molecular flexibility index (Phi) is 3.88. The largest absolute Gasteiger partial charge is 0.396 e. The van der Waals surface area contributed by atoms with Gasteiger partial charge in [-0.05, 0) is 36.6 Å². The molecule has 3 N–H and O–H groups in total. The van der Waals surface area contributed by atoms with E-state index in [-0.39, 0.29) is 16.6 Å². The Hall–Kier alpha value is -1.44. The molecular weight excluding hydrogens is 287 g/mol. The number of hydrogen-bond acceptors (Lipinski definition) is 4. The molecule has 4 nitrogen and oxygen atoms in total. The van der Waals surface area contributed by atoms with Crippen LogP contribution in [0.2, 0.25) is 0 Å². The summed E-state index contributed by atoms with van der Waals surface area (Å²) in [6, 6.07) is 6.74. The molecule has 0 bridgehead atoms.